The van der Waals surface area contributed by atoms with Gasteiger partial charge in [-0.3, -0.25) is 4.79 Å². The summed E-state index contributed by atoms with van der Waals surface area (Å²) in [4.78, 5) is 24.4. The van der Waals surface area contributed by atoms with Crippen molar-refractivity contribution in [3.05, 3.63) is 0 Å². The van der Waals surface area contributed by atoms with Crippen molar-refractivity contribution >= 4 is 24.5 Å². The number of hydrogen-bond acceptors (Lipinski definition) is 4. The van der Waals surface area contributed by atoms with Crippen LogP contribution in [0.4, 0.5) is 0 Å². The van der Waals surface area contributed by atoms with Crippen LogP contribution in [0, 0.1) is 5.92 Å². The van der Waals surface area contributed by atoms with Crippen LogP contribution in [0.5, 0.6) is 0 Å². The van der Waals surface area contributed by atoms with Crippen molar-refractivity contribution in [3.8, 4) is 0 Å². The second-order valence-corrected chi connectivity index (χ2v) is 4.33. The zero-order valence-corrected chi connectivity index (χ0v) is 10.3. The predicted molar refractivity (Wildman–Crippen MR) is 61.6 cm³/mol. The van der Waals surface area contributed by atoms with E-state index in [1.165, 1.54) is 12.0 Å². The molecule has 0 aromatic carbocycles. The van der Waals surface area contributed by atoms with Gasteiger partial charge in [0.05, 0.1) is 6.10 Å². The number of ether oxygens (including phenoxy) is 1. The van der Waals surface area contributed by atoms with Crippen molar-refractivity contribution in [3.63, 3.8) is 0 Å². The average Bonchev–Trinajstić information content (AvgIpc) is 2.70. The number of carboxylic acids is 1. The summed E-state index contributed by atoms with van der Waals surface area (Å²) in [6, 6.07) is -0.861. The van der Waals surface area contributed by atoms with Crippen molar-refractivity contribution in [1.29, 1.82) is 0 Å². The molecule has 1 amide bonds. The van der Waals surface area contributed by atoms with Gasteiger partial charge in [-0.25, -0.2) is 4.79 Å². The van der Waals surface area contributed by atoms with Gasteiger partial charge >= 0.3 is 5.97 Å². The lowest BCUT2D eigenvalue weighted by Gasteiger charge is -2.26. The third-order valence-corrected chi connectivity index (χ3v) is 3.42. The second-order valence-electron chi connectivity index (χ2n) is 3.96. The summed E-state index contributed by atoms with van der Waals surface area (Å²) in [6.07, 6.45) is 0.159. The fourth-order valence-electron chi connectivity index (χ4n) is 1.91. The Balaban J connectivity index is 2.80. The molecular weight excluding hydrogens is 230 g/mol. The minimum absolute atomic E-state index is 0.165. The first-order chi connectivity index (χ1) is 7.52. The molecule has 1 aliphatic rings. The first kappa shape index (κ1) is 13.3. The zero-order valence-electron chi connectivity index (χ0n) is 9.42. The summed E-state index contributed by atoms with van der Waals surface area (Å²) >= 11 is 4.05. The molecule has 0 saturated carbocycles. The minimum atomic E-state index is -1.01. The Labute approximate surface area is 100 Å². The van der Waals surface area contributed by atoms with E-state index >= 15 is 0 Å². The lowest BCUT2D eigenvalue weighted by atomic mass is 10.1. The van der Waals surface area contributed by atoms with Crippen LogP contribution in [-0.2, 0) is 14.3 Å². The summed E-state index contributed by atoms with van der Waals surface area (Å²) in [5.74, 6) is -1.02. The lowest BCUT2D eigenvalue weighted by Crippen LogP contribution is -2.47. The number of thiol groups is 1. The van der Waals surface area contributed by atoms with Gasteiger partial charge in [0.25, 0.3) is 0 Å². The molecule has 0 spiro atoms. The highest BCUT2D eigenvalue weighted by Crippen LogP contribution is 2.23. The molecule has 0 bridgehead atoms. The second kappa shape index (κ2) is 5.54. The lowest BCUT2D eigenvalue weighted by molar-refractivity contribution is -0.152. The highest BCUT2D eigenvalue weighted by atomic mass is 32.1. The molecule has 92 valence electrons. The van der Waals surface area contributed by atoms with Crippen LogP contribution in [-0.4, -0.2) is 53.4 Å². The molecule has 1 aliphatic heterocycles. The molecule has 1 rings (SSSR count). The van der Waals surface area contributed by atoms with Gasteiger partial charge in [-0.05, 0) is 6.42 Å². The van der Waals surface area contributed by atoms with Crippen molar-refractivity contribution in [1.82, 2.24) is 4.90 Å². The van der Waals surface area contributed by atoms with Crippen molar-refractivity contribution < 1.29 is 19.4 Å². The van der Waals surface area contributed by atoms with Crippen LogP contribution in [0.3, 0.4) is 0 Å². The Kier molecular flexibility index (Phi) is 4.61. The number of carbonyl (C=O) groups is 2. The smallest absolute Gasteiger partial charge is 0.329 e. The molecule has 0 aromatic heterocycles. The quantitative estimate of drug-likeness (QED) is 0.699. The maximum absolute atomic E-state index is 11.9. The molecule has 16 heavy (non-hydrogen) atoms. The maximum atomic E-state index is 11.9. The standard InChI is InChI=1S/C10H17NO4S/c1-6(5-16)9(12)11-4-3-7(15-2)8(11)10(13)14/h6-8,16H,3-5H2,1-2H3,(H,13,14)/t6?,7-,8-/m0/s1. The first-order valence-corrected chi connectivity index (χ1v) is 5.83. The van der Waals surface area contributed by atoms with Crippen LogP contribution < -0.4 is 0 Å². The summed E-state index contributed by atoms with van der Waals surface area (Å²) in [7, 11) is 1.47. The molecule has 5 nitrogen and oxygen atoms in total. The van der Waals surface area contributed by atoms with E-state index in [-0.39, 0.29) is 11.8 Å². The van der Waals surface area contributed by atoms with E-state index in [1.54, 1.807) is 6.92 Å². The van der Waals surface area contributed by atoms with E-state index in [2.05, 4.69) is 12.6 Å². The molecule has 1 saturated heterocycles. The van der Waals surface area contributed by atoms with Gasteiger partial charge in [0.15, 0.2) is 6.04 Å². The maximum Gasteiger partial charge on any atom is 0.329 e. The van der Waals surface area contributed by atoms with Gasteiger partial charge in [0.2, 0.25) is 5.91 Å². The van der Waals surface area contributed by atoms with E-state index in [4.69, 9.17) is 9.84 Å². The number of likely N-dealkylation sites (tertiary alicyclic amines) is 1. The van der Waals surface area contributed by atoms with Gasteiger partial charge in [-0.15, -0.1) is 0 Å². The number of aliphatic carboxylic acids is 1. The SMILES string of the molecule is CO[C@H]1CCN(C(=O)C(C)CS)[C@@H]1C(=O)O. The monoisotopic (exact) mass is 247 g/mol. The Morgan fingerprint density at radius 3 is 2.69 bits per heavy atom. The fraction of sp³-hybridized carbons (Fsp3) is 0.800. The highest BCUT2D eigenvalue weighted by Gasteiger charge is 2.42. The molecule has 3 atom stereocenters. The third kappa shape index (κ3) is 2.49. The summed E-state index contributed by atoms with van der Waals surface area (Å²) in [5, 5.41) is 9.10. The van der Waals surface area contributed by atoms with Crippen molar-refractivity contribution in [2.45, 2.75) is 25.5 Å². The average molecular weight is 247 g/mol. The zero-order chi connectivity index (χ0) is 12.3. The number of methoxy groups -OCH3 is 1. The Morgan fingerprint density at radius 2 is 2.25 bits per heavy atom. The summed E-state index contributed by atoms with van der Waals surface area (Å²) < 4.78 is 5.09. The Morgan fingerprint density at radius 1 is 1.62 bits per heavy atom. The molecule has 1 N–H and O–H groups in total. The van der Waals surface area contributed by atoms with Crippen molar-refractivity contribution in [2.75, 3.05) is 19.4 Å². The van der Waals surface area contributed by atoms with Gasteiger partial charge in [0, 0.05) is 25.3 Å². The van der Waals surface area contributed by atoms with Crippen molar-refractivity contribution in [2.24, 2.45) is 5.92 Å². The van der Waals surface area contributed by atoms with E-state index in [0.29, 0.717) is 18.7 Å². The molecule has 1 fully saturated rings. The molecule has 6 heteroatoms. The number of rotatable bonds is 4. The van der Waals surface area contributed by atoms with Crippen LogP contribution in [0.25, 0.3) is 0 Å². The topological polar surface area (TPSA) is 66.8 Å². The highest BCUT2D eigenvalue weighted by molar-refractivity contribution is 7.80. The molecule has 0 aliphatic carbocycles. The van der Waals surface area contributed by atoms with Gasteiger partial charge in [0.1, 0.15) is 0 Å². The number of hydrogen-bond donors (Lipinski definition) is 2. The van der Waals surface area contributed by atoms with E-state index in [9.17, 15) is 9.59 Å². The fourth-order valence-corrected chi connectivity index (χ4v) is 2.07. The summed E-state index contributed by atoms with van der Waals surface area (Å²) in [6.45, 7) is 2.18. The molecule has 1 unspecified atom stereocenters. The van der Waals surface area contributed by atoms with Gasteiger partial charge in [-0.1, -0.05) is 6.92 Å². The molecule has 1 heterocycles. The Hall–Kier alpha value is -0.750. The summed E-state index contributed by atoms with van der Waals surface area (Å²) in [5.41, 5.74) is 0. The number of carbonyl (C=O) groups excluding carboxylic acids is 1. The number of amides is 1. The predicted octanol–water partition coefficient (Wildman–Crippen LogP) is 0.253. The van der Waals surface area contributed by atoms with E-state index in [1.807, 2.05) is 0 Å². The number of carboxylic acid groups (broad SMARTS) is 1. The minimum Gasteiger partial charge on any atom is -0.480 e. The van der Waals surface area contributed by atoms with E-state index < -0.39 is 18.1 Å². The van der Waals surface area contributed by atoms with Crippen LogP contribution in [0.1, 0.15) is 13.3 Å². The van der Waals surface area contributed by atoms with Gasteiger partial charge < -0.3 is 14.7 Å². The molecule has 0 radical (unpaired) electrons. The van der Waals surface area contributed by atoms with E-state index in [0.717, 1.165) is 0 Å². The van der Waals surface area contributed by atoms with Crippen LogP contribution in [0.15, 0.2) is 0 Å². The third-order valence-electron chi connectivity index (χ3n) is 2.88. The van der Waals surface area contributed by atoms with Crippen LogP contribution >= 0.6 is 12.6 Å². The normalized spacial score (nSPS) is 26.8. The van der Waals surface area contributed by atoms with Crippen LogP contribution in [0.2, 0.25) is 0 Å². The molecular formula is C10H17NO4S. The number of nitrogens with zero attached hydrogens (tertiary/aromatic N) is 1. The first-order valence-electron chi connectivity index (χ1n) is 5.19. The largest absolute Gasteiger partial charge is 0.480 e. The Bertz CT molecular complexity index is 284. The van der Waals surface area contributed by atoms with Gasteiger partial charge in [-0.2, -0.15) is 12.6 Å². The molecule has 0 aromatic rings.